The van der Waals surface area contributed by atoms with Crippen molar-refractivity contribution in [2.75, 3.05) is 45.8 Å². The molecule has 0 aliphatic heterocycles. The lowest BCUT2D eigenvalue weighted by Gasteiger charge is -2.16. The smallest absolute Gasteiger partial charge is 0.119 e. The summed E-state index contributed by atoms with van der Waals surface area (Å²) in [5.74, 6) is 1.50. The minimum Gasteiger partial charge on any atom is -0.494 e. The van der Waals surface area contributed by atoms with Crippen molar-refractivity contribution in [3.8, 4) is 5.75 Å². The molecule has 1 aromatic rings. The summed E-state index contributed by atoms with van der Waals surface area (Å²) in [5.41, 5.74) is 0. The zero-order valence-corrected chi connectivity index (χ0v) is 11.7. The van der Waals surface area contributed by atoms with E-state index in [0.29, 0.717) is 12.5 Å². The van der Waals surface area contributed by atoms with Gasteiger partial charge in [0.15, 0.2) is 0 Å². The normalized spacial score (nSPS) is 10.8. The number of ether oxygens (including phenoxy) is 2. The monoisotopic (exact) mass is 271 g/mol. The van der Waals surface area contributed by atoms with Crippen molar-refractivity contribution < 1.29 is 9.47 Å². The molecule has 0 amide bonds. The third kappa shape index (κ3) is 7.54. The number of hydrogen-bond acceptors (Lipinski definition) is 3. The highest BCUT2D eigenvalue weighted by molar-refractivity contribution is 6.17. The van der Waals surface area contributed by atoms with E-state index >= 15 is 0 Å². The van der Waals surface area contributed by atoms with Gasteiger partial charge in [-0.3, -0.25) is 0 Å². The second-order valence-electron chi connectivity index (χ2n) is 4.12. The largest absolute Gasteiger partial charge is 0.494 e. The molecular formula is C14H22ClNO2. The summed E-state index contributed by atoms with van der Waals surface area (Å²) in [6.07, 6.45) is 1.01. The molecule has 3 nitrogen and oxygen atoms in total. The number of alkyl halides is 1. The molecule has 0 saturated heterocycles. The lowest BCUT2D eigenvalue weighted by molar-refractivity contribution is 0.121. The summed E-state index contributed by atoms with van der Waals surface area (Å²) < 4.78 is 10.9. The van der Waals surface area contributed by atoms with Gasteiger partial charge in [0.25, 0.3) is 0 Å². The van der Waals surface area contributed by atoms with Crippen LogP contribution in [0.4, 0.5) is 0 Å². The van der Waals surface area contributed by atoms with Gasteiger partial charge in [0, 0.05) is 19.0 Å². The fourth-order valence-corrected chi connectivity index (χ4v) is 1.64. The Bertz CT molecular complexity index is 295. The van der Waals surface area contributed by atoms with Crippen LogP contribution in [0.2, 0.25) is 0 Å². The number of benzene rings is 1. The van der Waals surface area contributed by atoms with Gasteiger partial charge in [-0.25, -0.2) is 0 Å². The highest BCUT2D eigenvalue weighted by Crippen LogP contribution is 2.08. The maximum atomic E-state index is 5.62. The highest BCUT2D eigenvalue weighted by Gasteiger charge is 1.98. The van der Waals surface area contributed by atoms with E-state index in [4.69, 9.17) is 21.1 Å². The van der Waals surface area contributed by atoms with Crippen molar-refractivity contribution in [1.29, 1.82) is 0 Å². The molecule has 4 heteroatoms. The quantitative estimate of drug-likeness (QED) is 0.482. The summed E-state index contributed by atoms with van der Waals surface area (Å²) in [6, 6.07) is 9.90. The summed E-state index contributed by atoms with van der Waals surface area (Å²) in [4.78, 5) is 2.24. The Morgan fingerprint density at radius 1 is 1.06 bits per heavy atom. The molecule has 0 bridgehead atoms. The topological polar surface area (TPSA) is 21.7 Å². The third-order valence-electron chi connectivity index (χ3n) is 2.53. The predicted octanol–water partition coefficient (Wildman–Crippen LogP) is 2.64. The maximum absolute atomic E-state index is 5.62. The Morgan fingerprint density at radius 3 is 2.56 bits per heavy atom. The molecule has 0 fully saturated rings. The number of hydrogen-bond donors (Lipinski definition) is 0. The van der Waals surface area contributed by atoms with E-state index in [0.717, 1.165) is 38.5 Å². The first-order chi connectivity index (χ1) is 8.83. The predicted molar refractivity (Wildman–Crippen MR) is 75.6 cm³/mol. The second kappa shape index (κ2) is 10.2. The Morgan fingerprint density at radius 2 is 1.83 bits per heavy atom. The van der Waals surface area contributed by atoms with Gasteiger partial charge in [0.2, 0.25) is 0 Å². The molecule has 1 rings (SSSR count). The number of rotatable bonds is 10. The second-order valence-corrected chi connectivity index (χ2v) is 4.50. The van der Waals surface area contributed by atoms with Gasteiger partial charge in [0.05, 0.1) is 19.8 Å². The van der Waals surface area contributed by atoms with Crippen molar-refractivity contribution in [2.24, 2.45) is 0 Å². The molecular weight excluding hydrogens is 250 g/mol. The van der Waals surface area contributed by atoms with E-state index in [1.807, 2.05) is 30.3 Å². The Kier molecular flexibility index (Phi) is 8.65. The first-order valence-corrected chi connectivity index (χ1v) is 6.86. The molecule has 0 spiro atoms. The molecule has 0 aliphatic carbocycles. The standard InChI is InChI=1S/C14H22ClNO2/c1-16(10-13-17-12-8-15)9-5-11-18-14-6-3-2-4-7-14/h2-4,6-7H,5,8-13H2,1H3. The van der Waals surface area contributed by atoms with Crippen LogP contribution in [0.5, 0.6) is 5.75 Å². The molecule has 0 radical (unpaired) electrons. The molecule has 0 unspecified atom stereocenters. The molecule has 18 heavy (non-hydrogen) atoms. The fraction of sp³-hybridized carbons (Fsp3) is 0.571. The van der Waals surface area contributed by atoms with Crippen molar-refractivity contribution in [3.63, 3.8) is 0 Å². The summed E-state index contributed by atoms with van der Waals surface area (Å²) in [5, 5.41) is 0. The van der Waals surface area contributed by atoms with E-state index in [-0.39, 0.29) is 0 Å². The summed E-state index contributed by atoms with van der Waals surface area (Å²) >= 11 is 5.52. The minimum absolute atomic E-state index is 0.564. The average Bonchev–Trinajstić information content (AvgIpc) is 2.41. The van der Waals surface area contributed by atoms with Crippen LogP contribution in [0.1, 0.15) is 6.42 Å². The van der Waals surface area contributed by atoms with Crippen LogP contribution in [0.25, 0.3) is 0 Å². The zero-order chi connectivity index (χ0) is 13.1. The van der Waals surface area contributed by atoms with Gasteiger partial charge in [0.1, 0.15) is 5.75 Å². The van der Waals surface area contributed by atoms with E-state index in [1.54, 1.807) is 0 Å². The summed E-state index contributed by atoms with van der Waals surface area (Å²) in [6.45, 7) is 4.06. The lowest BCUT2D eigenvalue weighted by atomic mass is 10.3. The Labute approximate surface area is 115 Å². The fourth-order valence-electron chi connectivity index (χ4n) is 1.53. The van der Waals surface area contributed by atoms with E-state index in [1.165, 1.54) is 0 Å². The van der Waals surface area contributed by atoms with Crippen LogP contribution in [0.15, 0.2) is 30.3 Å². The van der Waals surface area contributed by atoms with Crippen LogP contribution in [-0.2, 0) is 4.74 Å². The highest BCUT2D eigenvalue weighted by atomic mass is 35.5. The van der Waals surface area contributed by atoms with Gasteiger partial charge in [-0.05, 0) is 25.6 Å². The first kappa shape index (κ1) is 15.3. The number of para-hydroxylation sites is 1. The molecule has 0 N–H and O–H groups in total. The van der Waals surface area contributed by atoms with Crippen molar-refractivity contribution in [1.82, 2.24) is 4.90 Å². The number of nitrogens with zero attached hydrogens (tertiary/aromatic N) is 1. The summed E-state index contributed by atoms with van der Waals surface area (Å²) in [7, 11) is 2.09. The van der Waals surface area contributed by atoms with Crippen LogP contribution in [-0.4, -0.2) is 50.7 Å². The van der Waals surface area contributed by atoms with Crippen molar-refractivity contribution >= 4 is 11.6 Å². The van der Waals surface area contributed by atoms with Crippen molar-refractivity contribution in [3.05, 3.63) is 30.3 Å². The molecule has 0 saturated carbocycles. The SMILES string of the molecule is CN(CCCOc1ccccc1)CCOCCCl. The van der Waals surface area contributed by atoms with E-state index in [9.17, 15) is 0 Å². The van der Waals surface area contributed by atoms with E-state index in [2.05, 4.69) is 11.9 Å². The zero-order valence-electron chi connectivity index (χ0n) is 11.0. The molecule has 1 aromatic carbocycles. The van der Waals surface area contributed by atoms with Crippen LogP contribution in [0, 0.1) is 0 Å². The maximum Gasteiger partial charge on any atom is 0.119 e. The van der Waals surface area contributed by atoms with Gasteiger partial charge < -0.3 is 14.4 Å². The van der Waals surface area contributed by atoms with Gasteiger partial charge in [-0.15, -0.1) is 11.6 Å². The van der Waals surface area contributed by atoms with Gasteiger partial charge in [-0.1, -0.05) is 18.2 Å². The number of halogens is 1. The van der Waals surface area contributed by atoms with Crippen molar-refractivity contribution in [2.45, 2.75) is 6.42 Å². The third-order valence-corrected chi connectivity index (χ3v) is 2.69. The number of likely N-dealkylation sites (N-methyl/N-ethyl adjacent to an activating group) is 1. The van der Waals surface area contributed by atoms with Crippen LogP contribution >= 0.6 is 11.6 Å². The Hall–Kier alpha value is -0.770. The molecule has 0 heterocycles. The molecule has 0 atom stereocenters. The minimum atomic E-state index is 0.564. The van der Waals surface area contributed by atoms with Gasteiger partial charge in [-0.2, -0.15) is 0 Å². The van der Waals surface area contributed by atoms with E-state index < -0.39 is 0 Å². The molecule has 102 valence electrons. The lowest BCUT2D eigenvalue weighted by Crippen LogP contribution is -2.25. The average molecular weight is 272 g/mol. The Balaban J connectivity index is 1.97. The molecule has 0 aromatic heterocycles. The first-order valence-electron chi connectivity index (χ1n) is 6.33. The van der Waals surface area contributed by atoms with Crippen LogP contribution < -0.4 is 4.74 Å². The molecule has 0 aliphatic rings. The van der Waals surface area contributed by atoms with Gasteiger partial charge >= 0.3 is 0 Å². The van der Waals surface area contributed by atoms with Crippen LogP contribution in [0.3, 0.4) is 0 Å².